The lowest BCUT2D eigenvalue weighted by atomic mass is 10.1. The standard InChI is InChI=1S/C21H21F2N5O2/c1-14(29)25-11-15-8-18(13-24-10-15)28-5-2-16-9-17(12-26-19(16)28)20(30)27-6-3-21(22,23)4-7-27/h2,5,8-10,12-13H,3-4,6-7,11H2,1H3,(H,25,29). The zero-order valence-corrected chi connectivity index (χ0v) is 16.4. The number of likely N-dealkylation sites (tertiary alicyclic amines) is 1. The summed E-state index contributed by atoms with van der Waals surface area (Å²) >= 11 is 0. The van der Waals surface area contributed by atoms with Crippen molar-refractivity contribution < 1.29 is 18.4 Å². The van der Waals surface area contributed by atoms with Gasteiger partial charge in [-0.15, -0.1) is 0 Å². The highest BCUT2D eigenvalue weighted by Gasteiger charge is 2.35. The second kappa shape index (κ2) is 7.81. The minimum absolute atomic E-state index is 0.0393. The third-order valence-corrected chi connectivity index (χ3v) is 5.16. The Bertz CT molecular complexity index is 1100. The molecule has 30 heavy (non-hydrogen) atoms. The van der Waals surface area contributed by atoms with Crippen LogP contribution < -0.4 is 5.32 Å². The van der Waals surface area contributed by atoms with Crippen molar-refractivity contribution in [3.05, 3.63) is 54.1 Å². The summed E-state index contributed by atoms with van der Waals surface area (Å²) in [7, 11) is 0. The van der Waals surface area contributed by atoms with Gasteiger partial charge in [0, 0.05) is 63.4 Å². The van der Waals surface area contributed by atoms with E-state index in [1.165, 1.54) is 18.0 Å². The maximum atomic E-state index is 13.4. The van der Waals surface area contributed by atoms with Crippen molar-refractivity contribution in [3.8, 4) is 5.69 Å². The molecule has 0 radical (unpaired) electrons. The molecular weight excluding hydrogens is 392 g/mol. The molecule has 7 nitrogen and oxygen atoms in total. The molecule has 1 aliphatic rings. The SMILES string of the molecule is CC(=O)NCc1cncc(-n2ccc3cc(C(=O)N4CCC(F)(F)CC4)cnc32)c1. The molecule has 3 aromatic rings. The van der Waals surface area contributed by atoms with Gasteiger partial charge in [0.2, 0.25) is 5.91 Å². The van der Waals surface area contributed by atoms with Crippen molar-refractivity contribution in [1.82, 2.24) is 24.8 Å². The Labute approximate surface area is 171 Å². The van der Waals surface area contributed by atoms with Crippen LogP contribution in [0.2, 0.25) is 0 Å². The Hall–Kier alpha value is -3.36. The summed E-state index contributed by atoms with van der Waals surface area (Å²) in [5.74, 6) is -3.10. The lowest BCUT2D eigenvalue weighted by Gasteiger charge is -2.31. The number of amides is 2. The number of carbonyl (C=O) groups is 2. The summed E-state index contributed by atoms with van der Waals surface area (Å²) in [4.78, 5) is 33.9. The molecule has 1 N–H and O–H groups in total. The minimum Gasteiger partial charge on any atom is -0.352 e. The van der Waals surface area contributed by atoms with E-state index in [0.29, 0.717) is 17.8 Å². The highest BCUT2D eigenvalue weighted by atomic mass is 19.3. The molecule has 156 valence electrons. The van der Waals surface area contributed by atoms with Crippen LogP contribution in [-0.2, 0) is 11.3 Å². The zero-order valence-electron chi connectivity index (χ0n) is 16.4. The normalized spacial score (nSPS) is 15.9. The number of halogens is 2. The first kappa shape index (κ1) is 19.9. The molecule has 1 aliphatic heterocycles. The average molecular weight is 413 g/mol. The third kappa shape index (κ3) is 4.14. The number of fused-ring (bicyclic) bond motifs is 1. The third-order valence-electron chi connectivity index (χ3n) is 5.16. The Morgan fingerprint density at radius 2 is 1.93 bits per heavy atom. The number of alkyl halides is 2. The molecule has 0 spiro atoms. The highest BCUT2D eigenvalue weighted by Crippen LogP contribution is 2.28. The Morgan fingerprint density at radius 3 is 2.67 bits per heavy atom. The Balaban J connectivity index is 1.56. The van der Waals surface area contributed by atoms with Gasteiger partial charge in [0.1, 0.15) is 5.65 Å². The molecule has 0 aliphatic carbocycles. The fourth-order valence-corrected chi connectivity index (χ4v) is 3.50. The lowest BCUT2D eigenvalue weighted by Crippen LogP contribution is -2.42. The molecule has 4 heterocycles. The first-order valence-corrected chi connectivity index (χ1v) is 9.65. The molecule has 0 atom stereocenters. The van der Waals surface area contributed by atoms with Crippen molar-refractivity contribution in [2.24, 2.45) is 0 Å². The van der Waals surface area contributed by atoms with Crippen molar-refractivity contribution in [3.63, 3.8) is 0 Å². The summed E-state index contributed by atoms with van der Waals surface area (Å²) in [5, 5.41) is 3.49. The van der Waals surface area contributed by atoms with Gasteiger partial charge < -0.3 is 10.2 Å². The first-order valence-electron chi connectivity index (χ1n) is 9.65. The molecule has 4 rings (SSSR count). The number of pyridine rings is 2. The number of aromatic nitrogens is 3. The van der Waals surface area contributed by atoms with Gasteiger partial charge >= 0.3 is 0 Å². The average Bonchev–Trinajstić information content (AvgIpc) is 3.15. The van der Waals surface area contributed by atoms with Gasteiger partial charge in [-0.3, -0.25) is 19.1 Å². The fraction of sp³-hybridized carbons (Fsp3) is 0.333. The number of carbonyl (C=O) groups excluding carboxylic acids is 2. The molecule has 1 saturated heterocycles. The summed E-state index contributed by atoms with van der Waals surface area (Å²) < 4.78 is 28.5. The summed E-state index contributed by atoms with van der Waals surface area (Å²) in [6.07, 6.45) is 6.04. The van der Waals surface area contributed by atoms with E-state index in [1.54, 1.807) is 18.5 Å². The van der Waals surface area contributed by atoms with Gasteiger partial charge in [0.15, 0.2) is 0 Å². The highest BCUT2D eigenvalue weighted by molar-refractivity contribution is 5.97. The van der Waals surface area contributed by atoms with E-state index in [2.05, 4.69) is 15.3 Å². The van der Waals surface area contributed by atoms with E-state index >= 15 is 0 Å². The van der Waals surface area contributed by atoms with Crippen molar-refractivity contribution >= 4 is 22.8 Å². The number of piperidine rings is 1. The summed E-state index contributed by atoms with van der Waals surface area (Å²) in [6.45, 7) is 1.90. The number of nitrogens with one attached hydrogen (secondary N) is 1. The van der Waals surface area contributed by atoms with E-state index in [9.17, 15) is 18.4 Å². The second-order valence-electron chi connectivity index (χ2n) is 7.43. The van der Waals surface area contributed by atoms with E-state index in [0.717, 1.165) is 16.6 Å². The monoisotopic (exact) mass is 413 g/mol. The molecule has 0 bridgehead atoms. The van der Waals surface area contributed by atoms with Crippen molar-refractivity contribution in [2.75, 3.05) is 13.1 Å². The Kier molecular flexibility index (Phi) is 5.19. The maximum absolute atomic E-state index is 13.4. The van der Waals surface area contributed by atoms with E-state index in [1.807, 2.05) is 22.9 Å². The van der Waals surface area contributed by atoms with Crippen LogP contribution in [0.4, 0.5) is 8.78 Å². The number of rotatable bonds is 4. The van der Waals surface area contributed by atoms with E-state index < -0.39 is 5.92 Å². The molecule has 0 aromatic carbocycles. The molecular formula is C21H21F2N5O2. The van der Waals surface area contributed by atoms with Crippen LogP contribution >= 0.6 is 0 Å². The molecule has 3 aromatic heterocycles. The van der Waals surface area contributed by atoms with E-state index in [-0.39, 0.29) is 37.7 Å². The smallest absolute Gasteiger partial charge is 0.255 e. The molecule has 2 amide bonds. The summed E-state index contributed by atoms with van der Waals surface area (Å²) in [6, 6.07) is 5.46. The Morgan fingerprint density at radius 1 is 1.17 bits per heavy atom. The van der Waals surface area contributed by atoms with Gasteiger partial charge in [-0.1, -0.05) is 0 Å². The van der Waals surface area contributed by atoms with Gasteiger partial charge in [-0.25, -0.2) is 13.8 Å². The maximum Gasteiger partial charge on any atom is 0.255 e. The quantitative estimate of drug-likeness (QED) is 0.713. The van der Waals surface area contributed by atoms with Crippen LogP contribution in [0.15, 0.2) is 43.0 Å². The van der Waals surface area contributed by atoms with Crippen LogP contribution in [-0.4, -0.2) is 50.3 Å². The molecule has 9 heteroatoms. The van der Waals surface area contributed by atoms with Gasteiger partial charge in [-0.2, -0.15) is 0 Å². The van der Waals surface area contributed by atoms with E-state index in [4.69, 9.17) is 0 Å². The zero-order chi connectivity index (χ0) is 21.3. The number of nitrogens with zero attached hydrogens (tertiary/aromatic N) is 4. The largest absolute Gasteiger partial charge is 0.352 e. The molecule has 1 fully saturated rings. The van der Waals surface area contributed by atoms with Crippen LogP contribution in [0.1, 0.15) is 35.7 Å². The van der Waals surface area contributed by atoms with Crippen molar-refractivity contribution in [2.45, 2.75) is 32.2 Å². The van der Waals surface area contributed by atoms with Gasteiger partial charge in [0.25, 0.3) is 11.8 Å². The van der Waals surface area contributed by atoms with Crippen LogP contribution in [0.5, 0.6) is 0 Å². The predicted octanol–water partition coefficient (Wildman–Crippen LogP) is 2.93. The topological polar surface area (TPSA) is 80.1 Å². The fourth-order valence-electron chi connectivity index (χ4n) is 3.50. The van der Waals surface area contributed by atoms with Gasteiger partial charge in [-0.05, 0) is 23.8 Å². The van der Waals surface area contributed by atoms with Gasteiger partial charge in [0.05, 0.1) is 17.4 Å². The number of hydrogen-bond acceptors (Lipinski definition) is 4. The predicted molar refractivity (Wildman–Crippen MR) is 106 cm³/mol. The van der Waals surface area contributed by atoms with Crippen LogP contribution in [0.25, 0.3) is 16.7 Å². The van der Waals surface area contributed by atoms with Crippen LogP contribution in [0, 0.1) is 0 Å². The van der Waals surface area contributed by atoms with Crippen molar-refractivity contribution in [1.29, 1.82) is 0 Å². The molecule has 0 unspecified atom stereocenters. The second-order valence-corrected chi connectivity index (χ2v) is 7.43. The van der Waals surface area contributed by atoms with Crippen LogP contribution in [0.3, 0.4) is 0 Å². The summed E-state index contributed by atoms with van der Waals surface area (Å²) in [5.41, 5.74) is 2.65. The number of hydrogen-bond donors (Lipinski definition) is 1. The molecule has 0 saturated carbocycles. The minimum atomic E-state index is -2.70. The first-order chi connectivity index (χ1) is 14.3. The lowest BCUT2D eigenvalue weighted by molar-refractivity contribution is -0.119.